The van der Waals surface area contributed by atoms with Crippen molar-refractivity contribution in [3.05, 3.63) is 68.7 Å². The van der Waals surface area contributed by atoms with Gasteiger partial charge in [-0.05, 0) is 99.1 Å². The van der Waals surface area contributed by atoms with Crippen LogP contribution >= 0.6 is 23.2 Å². The van der Waals surface area contributed by atoms with Crippen LogP contribution in [0.1, 0.15) is 72.0 Å². The summed E-state index contributed by atoms with van der Waals surface area (Å²) in [5.74, 6) is -0.781. The van der Waals surface area contributed by atoms with Gasteiger partial charge in [0.1, 0.15) is 6.04 Å². The molecule has 9 heteroatoms. The second kappa shape index (κ2) is 11.7. The van der Waals surface area contributed by atoms with E-state index in [9.17, 15) is 19.6 Å². The first-order chi connectivity index (χ1) is 18.8. The zero-order valence-electron chi connectivity index (χ0n) is 21.8. The number of nitrogens with one attached hydrogen (secondary N) is 1. The van der Waals surface area contributed by atoms with Crippen molar-refractivity contribution >= 4 is 40.9 Å². The Kier molecular flexibility index (Phi) is 8.27. The minimum absolute atomic E-state index is 0.125. The minimum atomic E-state index is -0.587. The molecule has 3 aliphatic heterocycles. The fraction of sp³-hybridized carbons (Fsp3) is 0.467. The van der Waals surface area contributed by atoms with Gasteiger partial charge in [0.25, 0.3) is 5.91 Å². The topological polar surface area (TPSA) is 93.5 Å². The summed E-state index contributed by atoms with van der Waals surface area (Å²) in [6.07, 6.45) is 6.18. The number of likely N-dealkylation sites (tertiary alicyclic amines) is 1. The predicted molar refractivity (Wildman–Crippen MR) is 149 cm³/mol. The molecule has 1 unspecified atom stereocenters. The van der Waals surface area contributed by atoms with Gasteiger partial charge < -0.3 is 9.80 Å². The molecule has 5 rings (SSSR count). The van der Waals surface area contributed by atoms with Gasteiger partial charge in [0.05, 0.1) is 11.5 Å². The summed E-state index contributed by atoms with van der Waals surface area (Å²) in [5, 5.41) is 13.5. The molecule has 7 nitrogen and oxygen atoms in total. The number of unbranched alkanes of at least 4 members (excludes halogenated alkanes) is 2. The first kappa shape index (κ1) is 27.6. The summed E-state index contributed by atoms with van der Waals surface area (Å²) in [6.45, 7) is 3.14. The summed E-state index contributed by atoms with van der Waals surface area (Å²) >= 11 is 12.4. The van der Waals surface area contributed by atoms with Gasteiger partial charge in [-0.3, -0.25) is 19.7 Å². The van der Waals surface area contributed by atoms with Gasteiger partial charge in [-0.1, -0.05) is 41.8 Å². The van der Waals surface area contributed by atoms with Crippen LogP contribution in [0, 0.1) is 11.3 Å². The maximum atomic E-state index is 13.0. The van der Waals surface area contributed by atoms with Crippen LogP contribution in [-0.2, 0) is 28.0 Å². The Labute approximate surface area is 239 Å². The second-order valence-corrected chi connectivity index (χ2v) is 11.7. The molecule has 0 aliphatic carbocycles. The van der Waals surface area contributed by atoms with Gasteiger partial charge in [0.2, 0.25) is 11.8 Å². The zero-order valence-corrected chi connectivity index (χ0v) is 23.4. The van der Waals surface area contributed by atoms with E-state index in [-0.39, 0.29) is 24.1 Å². The Morgan fingerprint density at radius 3 is 2.46 bits per heavy atom. The van der Waals surface area contributed by atoms with Gasteiger partial charge >= 0.3 is 0 Å². The summed E-state index contributed by atoms with van der Waals surface area (Å²) in [5.41, 5.74) is 3.21. The van der Waals surface area contributed by atoms with Gasteiger partial charge in [0, 0.05) is 28.6 Å². The molecule has 0 spiro atoms. The number of fused-ring (bicyclic) bond motifs is 1. The Balaban J connectivity index is 1.10. The number of hydrogen-bond donors (Lipinski definition) is 1. The van der Waals surface area contributed by atoms with E-state index in [2.05, 4.69) is 22.4 Å². The number of rotatable bonds is 8. The number of aryl methyl sites for hydroxylation is 1. The van der Waals surface area contributed by atoms with Crippen molar-refractivity contribution in [2.75, 3.05) is 19.6 Å². The molecule has 2 aromatic rings. The van der Waals surface area contributed by atoms with Crippen molar-refractivity contribution in [1.82, 2.24) is 15.1 Å². The molecule has 2 saturated heterocycles. The number of nitrogens with zero attached hydrogens (tertiary/aromatic N) is 3. The van der Waals surface area contributed by atoms with Gasteiger partial charge in [-0.2, -0.15) is 5.26 Å². The molecule has 0 saturated carbocycles. The van der Waals surface area contributed by atoms with Crippen LogP contribution in [0.3, 0.4) is 0 Å². The number of amides is 3. The van der Waals surface area contributed by atoms with Crippen molar-refractivity contribution in [2.24, 2.45) is 0 Å². The van der Waals surface area contributed by atoms with E-state index in [1.807, 2.05) is 24.3 Å². The molecule has 2 aromatic carbocycles. The Morgan fingerprint density at radius 2 is 1.77 bits per heavy atom. The van der Waals surface area contributed by atoms with Crippen molar-refractivity contribution in [2.45, 2.75) is 69.4 Å². The molecule has 204 valence electrons. The molecule has 0 aromatic heterocycles. The molecule has 3 aliphatic rings. The number of carbonyl (C=O) groups is 3. The van der Waals surface area contributed by atoms with E-state index >= 15 is 0 Å². The van der Waals surface area contributed by atoms with E-state index in [0.717, 1.165) is 74.8 Å². The van der Waals surface area contributed by atoms with Crippen LogP contribution in [-0.4, -0.2) is 53.2 Å². The SMILES string of the molecule is N#CC1(c2cc(Cl)cc(Cl)c2)CCN(CCCCCc2cccc3c2CN(C2CCC(=O)NC2=O)C3=O)CC1. The fourth-order valence-corrected chi connectivity index (χ4v) is 6.69. The lowest BCUT2D eigenvalue weighted by atomic mass is 9.74. The lowest BCUT2D eigenvalue weighted by molar-refractivity contribution is -0.136. The maximum Gasteiger partial charge on any atom is 0.255 e. The number of hydrogen-bond acceptors (Lipinski definition) is 5. The molecular weight excluding hydrogens is 535 g/mol. The standard InChI is InChI=1S/C30H32Cl2N4O3/c31-22-15-21(16-23(32)17-22)30(19-33)10-13-35(14-11-30)12-3-1-2-5-20-6-4-7-24-25(20)18-36(29(24)39)26-8-9-27(37)34-28(26)38/h4,6-7,15-17,26H,1-3,5,8-14,18H2,(H,34,37,38). The largest absolute Gasteiger partial charge is 0.322 e. The molecule has 0 bridgehead atoms. The smallest absolute Gasteiger partial charge is 0.255 e. The second-order valence-electron chi connectivity index (χ2n) is 10.8. The maximum absolute atomic E-state index is 13.0. The van der Waals surface area contributed by atoms with Gasteiger partial charge in [0.15, 0.2) is 0 Å². The fourth-order valence-electron chi connectivity index (χ4n) is 6.17. The van der Waals surface area contributed by atoms with Crippen LogP contribution in [0.2, 0.25) is 10.0 Å². The van der Waals surface area contributed by atoms with E-state index < -0.39 is 11.5 Å². The molecule has 39 heavy (non-hydrogen) atoms. The third-order valence-electron chi connectivity index (χ3n) is 8.44. The Bertz CT molecular complexity index is 1310. The van der Waals surface area contributed by atoms with Gasteiger partial charge in [-0.15, -0.1) is 0 Å². The number of nitriles is 1. The first-order valence-electron chi connectivity index (χ1n) is 13.7. The molecule has 1 N–H and O–H groups in total. The van der Waals surface area contributed by atoms with Crippen LogP contribution in [0.25, 0.3) is 0 Å². The van der Waals surface area contributed by atoms with Crippen molar-refractivity contribution in [3.8, 4) is 6.07 Å². The lowest BCUT2D eigenvalue weighted by Crippen LogP contribution is -2.52. The highest BCUT2D eigenvalue weighted by molar-refractivity contribution is 6.34. The lowest BCUT2D eigenvalue weighted by Gasteiger charge is -2.37. The number of carbonyl (C=O) groups excluding carboxylic acids is 3. The van der Waals surface area contributed by atoms with Crippen LogP contribution in [0.4, 0.5) is 0 Å². The normalized spacial score (nSPS) is 21.0. The van der Waals surface area contributed by atoms with Crippen molar-refractivity contribution in [1.29, 1.82) is 5.26 Å². The number of benzene rings is 2. The molecular formula is C30H32Cl2N4O3. The predicted octanol–water partition coefficient (Wildman–Crippen LogP) is 5.02. The molecule has 3 amide bonds. The third-order valence-corrected chi connectivity index (χ3v) is 8.87. The highest BCUT2D eigenvalue weighted by Gasteiger charge is 2.40. The highest BCUT2D eigenvalue weighted by atomic mass is 35.5. The average Bonchev–Trinajstić information content (AvgIpc) is 3.25. The molecule has 1 atom stereocenters. The molecule has 3 heterocycles. The van der Waals surface area contributed by atoms with Crippen molar-refractivity contribution < 1.29 is 14.4 Å². The van der Waals surface area contributed by atoms with E-state index in [4.69, 9.17) is 23.2 Å². The number of imide groups is 1. The van der Waals surface area contributed by atoms with Crippen LogP contribution < -0.4 is 5.32 Å². The number of halogens is 2. The third kappa shape index (κ3) is 5.84. The summed E-state index contributed by atoms with van der Waals surface area (Å²) in [7, 11) is 0. The zero-order chi connectivity index (χ0) is 27.6. The Morgan fingerprint density at radius 1 is 1.03 bits per heavy atom. The minimum Gasteiger partial charge on any atom is -0.322 e. The first-order valence-corrected chi connectivity index (χ1v) is 14.4. The van der Waals surface area contributed by atoms with E-state index in [1.165, 1.54) is 0 Å². The van der Waals surface area contributed by atoms with Crippen LogP contribution in [0.5, 0.6) is 0 Å². The summed E-state index contributed by atoms with van der Waals surface area (Å²) in [4.78, 5) is 41.0. The number of piperidine rings is 2. The van der Waals surface area contributed by atoms with E-state index in [1.54, 1.807) is 11.0 Å². The quantitative estimate of drug-likeness (QED) is 0.357. The average molecular weight is 568 g/mol. The highest BCUT2D eigenvalue weighted by Crippen LogP contribution is 2.38. The monoisotopic (exact) mass is 566 g/mol. The molecule has 0 radical (unpaired) electrons. The Hall–Kier alpha value is -2.92. The summed E-state index contributed by atoms with van der Waals surface area (Å²) in [6, 6.07) is 13.2. The van der Waals surface area contributed by atoms with E-state index in [0.29, 0.717) is 28.6 Å². The van der Waals surface area contributed by atoms with Gasteiger partial charge in [-0.25, -0.2) is 0 Å². The summed E-state index contributed by atoms with van der Waals surface area (Å²) < 4.78 is 0. The molecule has 2 fully saturated rings. The van der Waals surface area contributed by atoms with Crippen molar-refractivity contribution in [3.63, 3.8) is 0 Å². The van der Waals surface area contributed by atoms with Crippen LogP contribution in [0.15, 0.2) is 36.4 Å².